The summed E-state index contributed by atoms with van der Waals surface area (Å²) in [7, 11) is 0. The zero-order chi connectivity index (χ0) is 15.5. The van der Waals surface area contributed by atoms with Crippen LogP contribution in [0.3, 0.4) is 0 Å². The maximum atomic E-state index is 5.97. The quantitative estimate of drug-likeness (QED) is 0.891. The average Bonchev–Trinajstić information content (AvgIpc) is 2.45. The molecule has 2 heteroatoms. The van der Waals surface area contributed by atoms with E-state index >= 15 is 0 Å². The Hall–Kier alpha value is -1.80. The second kappa shape index (κ2) is 6.31. The Balaban J connectivity index is 2.07. The molecule has 2 aromatic carbocycles. The summed E-state index contributed by atoms with van der Waals surface area (Å²) in [5.74, 6) is 0.868. The van der Waals surface area contributed by atoms with Gasteiger partial charge in [-0.25, -0.2) is 0 Å². The molecule has 2 nitrogen and oxygen atoms in total. The van der Waals surface area contributed by atoms with Gasteiger partial charge in [-0.05, 0) is 29.5 Å². The molecule has 1 atom stereocenters. The van der Waals surface area contributed by atoms with E-state index < -0.39 is 0 Å². The molecule has 0 amide bonds. The molecular formula is C19H25NO. The lowest BCUT2D eigenvalue weighted by atomic mass is 9.87. The van der Waals surface area contributed by atoms with Crippen LogP contribution in [0.25, 0.3) is 0 Å². The normalized spacial score (nSPS) is 13.0. The highest BCUT2D eigenvalue weighted by Crippen LogP contribution is 2.25. The third-order valence-corrected chi connectivity index (χ3v) is 3.62. The van der Waals surface area contributed by atoms with E-state index in [1.165, 1.54) is 11.1 Å². The van der Waals surface area contributed by atoms with Crippen LogP contribution in [0.5, 0.6) is 5.75 Å². The first-order valence-electron chi connectivity index (χ1n) is 7.44. The van der Waals surface area contributed by atoms with E-state index in [9.17, 15) is 0 Å². The van der Waals surface area contributed by atoms with Crippen molar-refractivity contribution in [1.82, 2.24) is 0 Å². The predicted molar refractivity (Wildman–Crippen MR) is 88.5 cm³/mol. The van der Waals surface area contributed by atoms with Crippen molar-refractivity contribution in [3.63, 3.8) is 0 Å². The number of ether oxygens (including phenoxy) is 1. The van der Waals surface area contributed by atoms with Crippen molar-refractivity contribution in [1.29, 1.82) is 0 Å². The van der Waals surface area contributed by atoms with Gasteiger partial charge in [0.25, 0.3) is 0 Å². The van der Waals surface area contributed by atoms with Gasteiger partial charge < -0.3 is 10.5 Å². The molecule has 0 bridgehead atoms. The third-order valence-electron chi connectivity index (χ3n) is 3.62. The number of nitrogens with two attached hydrogens (primary N) is 1. The number of hydrogen-bond donors (Lipinski definition) is 1. The lowest BCUT2D eigenvalue weighted by molar-refractivity contribution is 0.301. The first kappa shape index (κ1) is 15.6. The summed E-state index contributed by atoms with van der Waals surface area (Å²) >= 11 is 0. The largest absolute Gasteiger partial charge is 0.489 e. The maximum absolute atomic E-state index is 5.97. The highest BCUT2D eigenvalue weighted by molar-refractivity contribution is 5.36. The zero-order valence-electron chi connectivity index (χ0n) is 13.4. The van der Waals surface area contributed by atoms with Gasteiger partial charge >= 0.3 is 0 Å². The Bertz CT molecular complexity index is 579. The Morgan fingerprint density at radius 1 is 1.00 bits per heavy atom. The summed E-state index contributed by atoms with van der Waals surface area (Å²) in [5.41, 5.74) is 9.70. The van der Waals surface area contributed by atoms with Crippen molar-refractivity contribution >= 4 is 0 Å². The van der Waals surface area contributed by atoms with Gasteiger partial charge in [0, 0.05) is 11.6 Å². The van der Waals surface area contributed by atoms with Crippen molar-refractivity contribution in [3.05, 3.63) is 65.2 Å². The number of benzene rings is 2. The number of para-hydroxylation sites is 1. The van der Waals surface area contributed by atoms with Gasteiger partial charge in [0.2, 0.25) is 0 Å². The van der Waals surface area contributed by atoms with Gasteiger partial charge in [0.15, 0.2) is 0 Å². The van der Waals surface area contributed by atoms with Crippen molar-refractivity contribution in [2.45, 2.75) is 45.8 Å². The fraction of sp³-hybridized carbons (Fsp3) is 0.368. The van der Waals surface area contributed by atoms with Crippen molar-refractivity contribution < 1.29 is 4.74 Å². The molecule has 0 fully saturated rings. The van der Waals surface area contributed by atoms with E-state index in [1.54, 1.807) is 0 Å². The van der Waals surface area contributed by atoms with E-state index in [-0.39, 0.29) is 11.5 Å². The minimum atomic E-state index is -0.0236. The molecule has 0 spiro atoms. The topological polar surface area (TPSA) is 35.2 Å². The fourth-order valence-electron chi connectivity index (χ4n) is 2.25. The molecule has 2 rings (SSSR count). The molecule has 1 unspecified atom stereocenters. The smallest absolute Gasteiger partial charge is 0.124 e. The van der Waals surface area contributed by atoms with E-state index in [4.69, 9.17) is 10.5 Å². The van der Waals surface area contributed by atoms with Gasteiger partial charge in [-0.3, -0.25) is 0 Å². The monoisotopic (exact) mass is 283 g/mol. The first-order chi connectivity index (χ1) is 9.88. The molecule has 2 N–H and O–H groups in total. The van der Waals surface area contributed by atoms with Crippen molar-refractivity contribution in [2.24, 2.45) is 5.73 Å². The molecule has 21 heavy (non-hydrogen) atoms. The molecule has 0 aliphatic rings. The zero-order valence-corrected chi connectivity index (χ0v) is 13.4. The average molecular weight is 283 g/mol. The molecule has 0 radical (unpaired) electrons. The second-order valence-corrected chi connectivity index (χ2v) is 6.56. The molecule has 112 valence electrons. The molecule has 0 heterocycles. The Kier molecular flexibility index (Phi) is 4.69. The van der Waals surface area contributed by atoms with Crippen LogP contribution in [-0.4, -0.2) is 0 Å². The van der Waals surface area contributed by atoms with Crippen molar-refractivity contribution in [3.8, 4) is 5.75 Å². The lowest BCUT2D eigenvalue weighted by Crippen LogP contribution is -2.11. The maximum Gasteiger partial charge on any atom is 0.124 e. The van der Waals surface area contributed by atoms with E-state index in [2.05, 4.69) is 45.0 Å². The van der Waals surface area contributed by atoms with Crippen LogP contribution in [0.1, 0.15) is 50.4 Å². The summed E-state index contributed by atoms with van der Waals surface area (Å²) in [4.78, 5) is 0. The molecular weight excluding hydrogens is 258 g/mol. The fourth-order valence-corrected chi connectivity index (χ4v) is 2.25. The first-order valence-corrected chi connectivity index (χ1v) is 7.44. The van der Waals surface area contributed by atoms with Crippen LogP contribution in [0.4, 0.5) is 0 Å². The number of hydrogen-bond acceptors (Lipinski definition) is 2. The summed E-state index contributed by atoms with van der Waals surface area (Å²) in [6.07, 6.45) is 0. The minimum Gasteiger partial charge on any atom is -0.489 e. The van der Waals surface area contributed by atoms with Gasteiger partial charge in [-0.15, -0.1) is 0 Å². The summed E-state index contributed by atoms with van der Waals surface area (Å²) in [6, 6.07) is 16.6. The third kappa shape index (κ3) is 4.08. The van der Waals surface area contributed by atoms with E-state index in [0.717, 1.165) is 11.3 Å². The predicted octanol–water partition coefficient (Wildman–Crippen LogP) is 4.58. The standard InChI is InChI=1S/C19H25NO/c1-14(20)17-7-5-6-8-18(17)21-13-15-9-11-16(12-10-15)19(2,3)4/h5-12,14H,13,20H2,1-4H3. The van der Waals surface area contributed by atoms with Crippen molar-refractivity contribution in [2.75, 3.05) is 0 Å². The van der Waals surface area contributed by atoms with Gasteiger partial charge in [0.05, 0.1) is 0 Å². The summed E-state index contributed by atoms with van der Waals surface area (Å²) in [5, 5.41) is 0. The Labute approximate surface area is 127 Å². The number of rotatable bonds is 4. The highest BCUT2D eigenvalue weighted by Gasteiger charge is 2.13. The molecule has 0 aliphatic heterocycles. The Morgan fingerprint density at radius 2 is 1.62 bits per heavy atom. The second-order valence-electron chi connectivity index (χ2n) is 6.56. The van der Waals surface area contributed by atoms with Crippen LogP contribution in [0.2, 0.25) is 0 Å². The molecule has 0 aromatic heterocycles. The van der Waals surface area contributed by atoms with Gasteiger partial charge in [0.1, 0.15) is 12.4 Å². The van der Waals surface area contributed by atoms with Crippen LogP contribution >= 0.6 is 0 Å². The molecule has 0 saturated carbocycles. The van der Waals surface area contributed by atoms with Gasteiger partial charge in [-0.2, -0.15) is 0 Å². The summed E-state index contributed by atoms with van der Waals surface area (Å²) < 4.78 is 5.93. The SMILES string of the molecule is CC(N)c1ccccc1OCc1ccc(C(C)(C)C)cc1. The Morgan fingerprint density at radius 3 is 2.19 bits per heavy atom. The highest BCUT2D eigenvalue weighted by atomic mass is 16.5. The summed E-state index contributed by atoms with van der Waals surface area (Å²) in [6.45, 7) is 9.20. The van der Waals surface area contributed by atoms with E-state index in [0.29, 0.717) is 6.61 Å². The molecule has 0 aliphatic carbocycles. The van der Waals surface area contributed by atoms with Crippen LogP contribution in [-0.2, 0) is 12.0 Å². The lowest BCUT2D eigenvalue weighted by Gasteiger charge is -2.19. The molecule has 2 aromatic rings. The van der Waals surface area contributed by atoms with E-state index in [1.807, 2.05) is 31.2 Å². The van der Waals surface area contributed by atoms with Gasteiger partial charge in [-0.1, -0.05) is 63.2 Å². The van der Waals surface area contributed by atoms with Crippen LogP contribution in [0, 0.1) is 0 Å². The van der Waals surface area contributed by atoms with Crippen LogP contribution < -0.4 is 10.5 Å². The van der Waals surface area contributed by atoms with Crippen LogP contribution in [0.15, 0.2) is 48.5 Å². The molecule has 0 saturated heterocycles. The minimum absolute atomic E-state index is 0.0236.